The minimum atomic E-state index is -4.43. The number of rotatable bonds is 3. The Morgan fingerprint density at radius 3 is 2.43 bits per heavy atom. The molecule has 4 nitrogen and oxygen atoms in total. The van der Waals surface area contributed by atoms with Gasteiger partial charge in [0.25, 0.3) is 0 Å². The van der Waals surface area contributed by atoms with Crippen LogP contribution >= 0.6 is 0 Å². The fraction of sp³-hybridized carbons (Fsp3) is 0.714. The van der Waals surface area contributed by atoms with E-state index in [-0.39, 0.29) is 23.1 Å². The van der Waals surface area contributed by atoms with Gasteiger partial charge in [-0.2, -0.15) is 13.2 Å². The van der Waals surface area contributed by atoms with Crippen LogP contribution in [0.25, 0.3) is 0 Å². The molecular weight excluding hydrogens is 453 g/mol. The Hall–Kier alpha value is -2.05. The van der Waals surface area contributed by atoms with Crippen LogP contribution in [-0.4, -0.2) is 29.3 Å². The molecule has 35 heavy (non-hydrogen) atoms. The molecule has 0 bridgehead atoms. The van der Waals surface area contributed by atoms with E-state index in [1.54, 1.807) is 0 Å². The predicted octanol–water partition coefficient (Wildman–Crippen LogP) is 6.51. The molecule has 2 amide bonds. The summed E-state index contributed by atoms with van der Waals surface area (Å²) in [6.07, 6.45) is 4.56. The van der Waals surface area contributed by atoms with Gasteiger partial charge >= 0.3 is 6.18 Å². The number of likely N-dealkylation sites (tertiary alicyclic amines) is 1. The normalized spacial score (nSPS) is 39.0. The van der Waals surface area contributed by atoms with Gasteiger partial charge in [0, 0.05) is 18.3 Å². The molecule has 0 aromatic heterocycles. The zero-order valence-corrected chi connectivity index (χ0v) is 21.0. The van der Waals surface area contributed by atoms with E-state index >= 15 is 0 Å². The van der Waals surface area contributed by atoms with E-state index in [0.29, 0.717) is 30.2 Å². The van der Waals surface area contributed by atoms with Crippen LogP contribution in [0.1, 0.15) is 77.7 Å². The van der Waals surface area contributed by atoms with Crippen molar-refractivity contribution in [2.24, 2.45) is 34.5 Å². The first kappa shape index (κ1) is 24.6. The first-order valence-electron chi connectivity index (χ1n) is 13.3. The van der Waals surface area contributed by atoms with Gasteiger partial charge in [-0.25, -0.2) is 0 Å². The number of nitrogens with zero attached hydrogens (tertiary/aromatic N) is 1. The van der Waals surface area contributed by atoms with Gasteiger partial charge in [-0.3, -0.25) is 9.59 Å². The SMILES string of the molecule is CCN1C(=O)C(C(=O)Nc2ccc(C(F)(F)F)cc2)C[C@@]2(C)C1CC[C@@H]1[C@H]2CC[C@]2(C)CCC[C@@H]12. The molecule has 1 heterocycles. The third kappa shape index (κ3) is 3.97. The number of piperidine rings is 1. The van der Waals surface area contributed by atoms with Crippen LogP contribution in [0.2, 0.25) is 0 Å². The molecule has 192 valence electrons. The highest BCUT2D eigenvalue weighted by atomic mass is 19.4. The Morgan fingerprint density at radius 1 is 1.06 bits per heavy atom. The zero-order chi connectivity index (χ0) is 25.2. The fourth-order valence-corrected chi connectivity index (χ4v) is 8.66. The molecule has 1 saturated heterocycles. The van der Waals surface area contributed by atoms with Crippen molar-refractivity contribution < 1.29 is 22.8 Å². The summed E-state index contributed by atoms with van der Waals surface area (Å²) in [7, 11) is 0. The molecule has 0 radical (unpaired) electrons. The number of hydrogen-bond donors (Lipinski definition) is 1. The number of benzene rings is 1. The minimum absolute atomic E-state index is 0.126. The van der Waals surface area contributed by atoms with Gasteiger partial charge in [-0.15, -0.1) is 0 Å². The van der Waals surface area contributed by atoms with Crippen LogP contribution in [0.15, 0.2) is 24.3 Å². The van der Waals surface area contributed by atoms with Gasteiger partial charge in [-0.05, 0) is 105 Å². The number of fused-ring (bicyclic) bond motifs is 5. The highest BCUT2D eigenvalue weighted by molar-refractivity contribution is 6.07. The number of carbonyl (C=O) groups excluding carboxylic acids is 2. The van der Waals surface area contributed by atoms with Crippen molar-refractivity contribution in [3.63, 3.8) is 0 Å². The molecule has 1 N–H and O–H groups in total. The number of carbonyl (C=O) groups is 2. The van der Waals surface area contributed by atoms with Gasteiger partial charge in [-0.1, -0.05) is 20.3 Å². The molecule has 3 saturated carbocycles. The molecule has 5 rings (SSSR count). The maximum absolute atomic E-state index is 13.5. The Bertz CT molecular complexity index is 993. The van der Waals surface area contributed by atoms with Crippen LogP contribution in [0.4, 0.5) is 18.9 Å². The Balaban J connectivity index is 1.39. The van der Waals surface area contributed by atoms with Crippen molar-refractivity contribution in [2.75, 3.05) is 11.9 Å². The van der Waals surface area contributed by atoms with Gasteiger partial charge in [0.1, 0.15) is 5.92 Å². The van der Waals surface area contributed by atoms with Gasteiger partial charge in [0.15, 0.2) is 0 Å². The van der Waals surface area contributed by atoms with Crippen molar-refractivity contribution in [1.29, 1.82) is 0 Å². The summed E-state index contributed by atoms with van der Waals surface area (Å²) in [5.41, 5.74) is -0.161. The summed E-state index contributed by atoms with van der Waals surface area (Å²) in [4.78, 5) is 28.8. The van der Waals surface area contributed by atoms with Crippen molar-refractivity contribution >= 4 is 17.5 Å². The largest absolute Gasteiger partial charge is 0.416 e. The highest BCUT2D eigenvalue weighted by Crippen LogP contribution is 2.65. The monoisotopic (exact) mass is 490 g/mol. The molecule has 7 atom stereocenters. The summed E-state index contributed by atoms with van der Waals surface area (Å²) in [6.45, 7) is 7.33. The van der Waals surface area contributed by atoms with Crippen molar-refractivity contribution in [1.82, 2.24) is 4.90 Å². The van der Waals surface area contributed by atoms with Crippen molar-refractivity contribution in [2.45, 2.75) is 84.4 Å². The molecule has 2 unspecified atom stereocenters. The molecule has 7 heteroatoms. The fourth-order valence-electron chi connectivity index (χ4n) is 8.66. The van der Waals surface area contributed by atoms with Gasteiger partial charge < -0.3 is 10.2 Å². The topological polar surface area (TPSA) is 49.4 Å². The van der Waals surface area contributed by atoms with Gasteiger partial charge in [0.2, 0.25) is 11.8 Å². The van der Waals surface area contributed by atoms with Crippen molar-refractivity contribution in [3.05, 3.63) is 29.8 Å². The summed E-state index contributed by atoms with van der Waals surface area (Å²) >= 11 is 0. The Morgan fingerprint density at radius 2 is 1.77 bits per heavy atom. The minimum Gasteiger partial charge on any atom is -0.339 e. The van der Waals surface area contributed by atoms with Crippen molar-refractivity contribution in [3.8, 4) is 0 Å². The Labute approximate surface area is 206 Å². The standard InChI is InChI=1S/C28H37F3N2O2/c1-4-33-23-12-11-19-21-6-5-14-26(21,2)15-13-22(19)27(23,3)16-20(25(33)35)24(34)32-18-9-7-17(8-10-18)28(29,30)31/h7-10,19-23H,4-6,11-16H2,1-3H3,(H,32,34)/t19-,20?,21-,22+,23?,26-,27+/m0/s1. The van der Waals surface area contributed by atoms with E-state index in [2.05, 4.69) is 19.2 Å². The van der Waals surface area contributed by atoms with E-state index in [1.807, 2.05) is 11.8 Å². The lowest BCUT2D eigenvalue weighted by Crippen LogP contribution is -2.65. The summed E-state index contributed by atoms with van der Waals surface area (Å²) in [5, 5.41) is 2.74. The van der Waals surface area contributed by atoms with E-state index < -0.39 is 23.6 Å². The average Bonchev–Trinajstić information content (AvgIpc) is 3.20. The third-order valence-electron chi connectivity index (χ3n) is 10.3. The highest BCUT2D eigenvalue weighted by Gasteiger charge is 2.61. The molecule has 0 spiro atoms. The van der Waals surface area contributed by atoms with Crippen LogP contribution < -0.4 is 5.32 Å². The first-order chi connectivity index (χ1) is 16.5. The molecule has 3 aliphatic carbocycles. The van der Waals surface area contributed by atoms with Gasteiger partial charge in [0.05, 0.1) is 5.56 Å². The number of nitrogens with one attached hydrogen (secondary N) is 1. The molecule has 1 aromatic carbocycles. The molecular formula is C28H37F3N2O2. The van der Waals surface area contributed by atoms with Crippen LogP contribution in [0.3, 0.4) is 0 Å². The second kappa shape index (κ2) is 8.52. The van der Waals surface area contributed by atoms with Crippen LogP contribution in [0.5, 0.6) is 0 Å². The second-order valence-corrected chi connectivity index (χ2v) is 12.0. The lowest BCUT2D eigenvalue weighted by atomic mass is 9.47. The molecule has 1 aliphatic heterocycles. The van der Waals surface area contributed by atoms with E-state index in [4.69, 9.17) is 0 Å². The quantitative estimate of drug-likeness (QED) is 0.491. The molecule has 4 fully saturated rings. The number of hydrogen-bond acceptors (Lipinski definition) is 2. The number of anilines is 1. The lowest BCUT2D eigenvalue weighted by Gasteiger charge is -2.62. The average molecular weight is 491 g/mol. The molecule has 1 aromatic rings. The summed E-state index contributed by atoms with van der Waals surface area (Å²) < 4.78 is 38.7. The maximum Gasteiger partial charge on any atom is 0.416 e. The number of amides is 2. The molecule has 4 aliphatic rings. The summed E-state index contributed by atoms with van der Waals surface area (Å²) in [5.74, 6) is 0.542. The maximum atomic E-state index is 13.5. The smallest absolute Gasteiger partial charge is 0.339 e. The van der Waals surface area contributed by atoms with E-state index in [0.717, 1.165) is 37.3 Å². The first-order valence-corrected chi connectivity index (χ1v) is 13.3. The predicted molar refractivity (Wildman–Crippen MR) is 128 cm³/mol. The van der Waals surface area contributed by atoms with E-state index in [1.165, 1.54) is 37.8 Å². The third-order valence-corrected chi connectivity index (χ3v) is 10.3. The second-order valence-electron chi connectivity index (χ2n) is 12.0. The van der Waals surface area contributed by atoms with Crippen LogP contribution in [-0.2, 0) is 15.8 Å². The van der Waals surface area contributed by atoms with Crippen LogP contribution in [0, 0.1) is 34.5 Å². The Kier molecular flexibility index (Phi) is 5.99. The van der Waals surface area contributed by atoms with E-state index in [9.17, 15) is 22.8 Å². The number of halogens is 3. The lowest BCUT2D eigenvalue weighted by molar-refractivity contribution is -0.170. The number of alkyl halides is 3. The zero-order valence-electron chi connectivity index (χ0n) is 21.0. The summed E-state index contributed by atoms with van der Waals surface area (Å²) in [6, 6.07) is 4.59.